The molecule has 1 aliphatic heterocycles. The highest BCUT2D eigenvalue weighted by molar-refractivity contribution is 6.30. The Morgan fingerprint density at radius 3 is 2.41 bits per heavy atom. The summed E-state index contributed by atoms with van der Waals surface area (Å²) in [5, 5.41) is 11.1. The number of carbonyl (C=O) groups excluding carboxylic acids is 1. The Labute approximate surface area is 104 Å². The van der Waals surface area contributed by atoms with E-state index in [1.54, 1.807) is 24.3 Å². The van der Waals surface area contributed by atoms with E-state index in [0.717, 1.165) is 0 Å². The minimum atomic E-state index is -1.48. The van der Waals surface area contributed by atoms with Gasteiger partial charge in [0.1, 0.15) is 0 Å². The van der Waals surface area contributed by atoms with Crippen LogP contribution in [0.4, 0.5) is 0 Å². The van der Waals surface area contributed by atoms with E-state index in [1.165, 1.54) is 25.1 Å². The Morgan fingerprint density at radius 2 is 1.94 bits per heavy atom. The molecule has 0 saturated carbocycles. The molecule has 1 unspecified atom stereocenters. The summed E-state index contributed by atoms with van der Waals surface area (Å²) in [5.41, 5.74) is -0.919. The Bertz CT molecular complexity index is 483. The number of benzene rings is 1. The quantitative estimate of drug-likeness (QED) is 0.869. The third-order valence-electron chi connectivity index (χ3n) is 2.85. The molecule has 1 atom stereocenters. The van der Waals surface area contributed by atoms with Crippen LogP contribution in [0.25, 0.3) is 0 Å². The second-order valence-corrected chi connectivity index (χ2v) is 4.25. The smallest absolute Gasteiger partial charge is 0.291 e. The van der Waals surface area contributed by atoms with E-state index in [-0.39, 0.29) is 11.7 Å². The molecule has 17 heavy (non-hydrogen) atoms. The first kappa shape index (κ1) is 12.0. The lowest BCUT2D eigenvalue weighted by atomic mass is 10.0. The first-order valence-electron chi connectivity index (χ1n) is 5.02. The summed E-state index contributed by atoms with van der Waals surface area (Å²) < 4.78 is 4.92. The molecule has 0 fully saturated rings. The minimum Gasteiger partial charge on any atom is -0.491 e. The van der Waals surface area contributed by atoms with Crippen LogP contribution in [-0.2, 0) is 15.3 Å². The average Bonchev–Trinajstić information content (AvgIpc) is 2.55. The van der Waals surface area contributed by atoms with Gasteiger partial charge in [-0.25, -0.2) is 0 Å². The Kier molecular flexibility index (Phi) is 2.85. The van der Waals surface area contributed by atoms with E-state index >= 15 is 0 Å². The minimum absolute atomic E-state index is 0.130. The monoisotopic (exact) mass is 253 g/mol. The van der Waals surface area contributed by atoms with Gasteiger partial charge in [-0.05, 0) is 12.1 Å². The number of amides is 1. The first-order valence-corrected chi connectivity index (χ1v) is 5.40. The fraction of sp³-hybridized carbons (Fsp3) is 0.250. The maximum Gasteiger partial charge on any atom is 0.291 e. The maximum absolute atomic E-state index is 11.7. The van der Waals surface area contributed by atoms with Gasteiger partial charge in [0, 0.05) is 23.7 Å². The predicted octanol–water partition coefficient (Wildman–Crippen LogP) is 1.49. The number of hydrogen-bond acceptors (Lipinski definition) is 3. The molecule has 1 heterocycles. The zero-order chi connectivity index (χ0) is 12.6. The zero-order valence-corrected chi connectivity index (χ0v) is 10.2. The third-order valence-corrected chi connectivity index (χ3v) is 3.10. The number of rotatable bonds is 2. The van der Waals surface area contributed by atoms with Gasteiger partial charge in [-0.15, -0.1) is 0 Å². The molecule has 1 aromatic carbocycles. The average molecular weight is 254 g/mol. The number of halogens is 1. The van der Waals surface area contributed by atoms with Crippen LogP contribution in [0, 0.1) is 0 Å². The van der Waals surface area contributed by atoms with Crippen molar-refractivity contribution in [3.63, 3.8) is 0 Å². The number of likely N-dealkylation sites (N-methyl/N-ethyl adjacent to an activating group) is 1. The standard InChI is InChI=1S/C12H12ClNO3/c1-14-11(15)10(17-2)7-12(14,16)8-3-5-9(13)6-4-8/h3-7,16H,1-2H3. The molecule has 1 amide bonds. The van der Waals surface area contributed by atoms with Crippen LogP contribution in [0.5, 0.6) is 0 Å². The SMILES string of the molecule is COC1=CC(O)(c2ccc(Cl)cc2)N(C)C1=O. The van der Waals surface area contributed by atoms with Crippen molar-refractivity contribution in [2.24, 2.45) is 0 Å². The van der Waals surface area contributed by atoms with E-state index in [9.17, 15) is 9.90 Å². The maximum atomic E-state index is 11.7. The van der Waals surface area contributed by atoms with Crippen molar-refractivity contribution in [2.75, 3.05) is 14.2 Å². The number of carbonyl (C=O) groups is 1. The molecular formula is C12H12ClNO3. The van der Waals surface area contributed by atoms with Crippen LogP contribution in [0.1, 0.15) is 5.56 Å². The van der Waals surface area contributed by atoms with E-state index in [4.69, 9.17) is 16.3 Å². The predicted molar refractivity (Wildman–Crippen MR) is 63.2 cm³/mol. The molecule has 0 aromatic heterocycles. The fourth-order valence-corrected chi connectivity index (χ4v) is 1.91. The molecular weight excluding hydrogens is 242 g/mol. The summed E-state index contributed by atoms with van der Waals surface area (Å²) in [4.78, 5) is 13.0. The topological polar surface area (TPSA) is 49.8 Å². The molecule has 1 aromatic rings. The van der Waals surface area contributed by atoms with Crippen molar-refractivity contribution < 1.29 is 14.6 Å². The summed E-state index contributed by atoms with van der Waals surface area (Å²) in [6.07, 6.45) is 1.39. The molecule has 0 bridgehead atoms. The van der Waals surface area contributed by atoms with Crippen LogP contribution >= 0.6 is 11.6 Å². The van der Waals surface area contributed by atoms with Crippen molar-refractivity contribution in [3.05, 3.63) is 46.7 Å². The molecule has 1 N–H and O–H groups in total. The van der Waals surface area contributed by atoms with E-state index in [1.807, 2.05) is 0 Å². The van der Waals surface area contributed by atoms with Crippen molar-refractivity contribution in [1.29, 1.82) is 0 Å². The van der Waals surface area contributed by atoms with Gasteiger partial charge in [-0.3, -0.25) is 4.79 Å². The van der Waals surface area contributed by atoms with Crippen LogP contribution in [0.2, 0.25) is 5.02 Å². The molecule has 5 heteroatoms. The molecule has 4 nitrogen and oxygen atoms in total. The van der Waals surface area contributed by atoms with E-state index < -0.39 is 5.72 Å². The van der Waals surface area contributed by atoms with Crippen molar-refractivity contribution in [2.45, 2.75) is 5.72 Å². The van der Waals surface area contributed by atoms with Gasteiger partial charge in [0.2, 0.25) is 0 Å². The van der Waals surface area contributed by atoms with Gasteiger partial charge >= 0.3 is 0 Å². The highest BCUT2D eigenvalue weighted by atomic mass is 35.5. The lowest BCUT2D eigenvalue weighted by Gasteiger charge is -2.29. The zero-order valence-electron chi connectivity index (χ0n) is 9.48. The van der Waals surface area contributed by atoms with Gasteiger partial charge < -0.3 is 14.7 Å². The second kappa shape index (κ2) is 4.05. The second-order valence-electron chi connectivity index (χ2n) is 3.81. The Balaban J connectivity index is 2.46. The summed E-state index contributed by atoms with van der Waals surface area (Å²) in [7, 11) is 2.91. The van der Waals surface area contributed by atoms with E-state index in [0.29, 0.717) is 10.6 Å². The summed E-state index contributed by atoms with van der Waals surface area (Å²) in [6.45, 7) is 0. The third kappa shape index (κ3) is 1.79. The molecule has 0 radical (unpaired) electrons. The number of nitrogens with zero attached hydrogens (tertiary/aromatic N) is 1. The number of ether oxygens (including phenoxy) is 1. The molecule has 90 valence electrons. The van der Waals surface area contributed by atoms with Crippen molar-refractivity contribution in [3.8, 4) is 0 Å². The number of methoxy groups -OCH3 is 1. The highest BCUT2D eigenvalue weighted by Gasteiger charge is 2.43. The van der Waals surface area contributed by atoms with Gasteiger partial charge in [0.05, 0.1) is 7.11 Å². The van der Waals surface area contributed by atoms with Gasteiger partial charge in [0.15, 0.2) is 11.5 Å². The number of aliphatic hydroxyl groups is 1. The highest BCUT2D eigenvalue weighted by Crippen LogP contribution is 2.34. The molecule has 0 spiro atoms. The largest absolute Gasteiger partial charge is 0.491 e. The molecule has 1 aliphatic rings. The van der Waals surface area contributed by atoms with Gasteiger partial charge in [-0.1, -0.05) is 23.7 Å². The van der Waals surface area contributed by atoms with Crippen LogP contribution in [0.3, 0.4) is 0 Å². The lowest BCUT2D eigenvalue weighted by Crippen LogP contribution is -2.41. The Morgan fingerprint density at radius 1 is 1.35 bits per heavy atom. The summed E-state index contributed by atoms with van der Waals surface area (Å²) in [6, 6.07) is 6.65. The molecule has 0 saturated heterocycles. The molecule has 0 aliphatic carbocycles. The summed E-state index contributed by atoms with van der Waals surface area (Å²) in [5.74, 6) is -0.227. The normalized spacial score (nSPS) is 23.9. The van der Waals surface area contributed by atoms with Crippen molar-refractivity contribution >= 4 is 17.5 Å². The lowest BCUT2D eigenvalue weighted by molar-refractivity contribution is -0.141. The van der Waals surface area contributed by atoms with E-state index in [2.05, 4.69) is 0 Å². The van der Waals surface area contributed by atoms with Crippen LogP contribution < -0.4 is 0 Å². The molecule has 2 rings (SSSR count). The van der Waals surface area contributed by atoms with Crippen LogP contribution in [0.15, 0.2) is 36.1 Å². The van der Waals surface area contributed by atoms with Crippen molar-refractivity contribution in [1.82, 2.24) is 4.90 Å². The Hall–Kier alpha value is -1.52. The summed E-state index contributed by atoms with van der Waals surface area (Å²) >= 11 is 5.78. The number of hydrogen-bond donors (Lipinski definition) is 1. The fourth-order valence-electron chi connectivity index (χ4n) is 1.78. The van der Waals surface area contributed by atoms with Gasteiger partial charge in [0.25, 0.3) is 5.91 Å². The van der Waals surface area contributed by atoms with Crippen LogP contribution in [-0.4, -0.2) is 30.1 Å². The van der Waals surface area contributed by atoms with Gasteiger partial charge in [-0.2, -0.15) is 0 Å². The first-order chi connectivity index (χ1) is 7.99.